The van der Waals surface area contributed by atoms with E-state index in [4.69, 9.17) is 28.2 Å². The molecule has 1 saturated heterocycles. The van der Waals surface area contributed by atoms with E-state index in [9.17, 15) is 9.18 Å². The van der Waals surface area contributed by atoms with Crippen molar-refractivity contribution < 1.29 is 9.18 Å². The summed E-state index contributed by atoms with van der Waals surface area (Å²) in [7, 11) is 0. The Morgan fingerprint density at radius 3 is 2.56 bits per heavy atom. The average molecular weight is 528 g/mol. The maximum absolute atomic E-state index is 14.0. The summed E-state index contributed by atoms with van der Waals surface area (Å²) >= 11 is 13.0. The third-order valence-corrected chi connectivity index (χ3v) is 6.72. The van der Waals surface area contributed by atoms with Crippen LogP contribution in [-0.2, 0) is 17.9 Å². The summed E-state index contributed by atoms with van der Waals surface area (Å²) in [6.07, 6.45) is 1.86. The van der Waals surface area contributed by atoms with Crippen LogP contribution in [0.3, 0.4) is 0 Å². The van der Waals surface area contributed by atoms with Gasteiger partial charge in [-0.1, -0.05) is 47.5 Å². The quantitative estimate of drug-likeness (QED) is 0.371. The van der Waals surface area contributed by atoms with Crippen molar-refractivity contribution in [1.82, 2.24) is 29.7 Å². The molecule has 3 heterocycles. The third kappa shape index (κ3) is 5.13. The van der Waals surface area contributed by atoms with E-state index in [1.807, 2.05) is 9.47 Å². The highest BCUT2D eigenvalue weighted by Gasteiger charge is 2.22. The van der Waals surface area contributed by atoms with Crippen molar-refractivity contribution in [1.29, 1.82) is 0 Å². The summed E-state index contributed by atoms with van der Waals surface area (Å²) in [4.78, 5) is 28.5. The Bertz CT molecular complexity index is 1380. The molecule has 36 heavy (non-hydrogen) atoms. The predicted molar refractivity (Wildman–Crippen MR) is 139 cm³/mol. The maximum Gasteiger partial charge on any atom is 0.225 e. The van der Waals surface area contributed by atoms with Crippen molar-refractivity contribution in [3.63, 3.8) is 0 Å². The van der Waals surface area contributed by atoms with Crippen molar-refractivity contribution >= 4 is 46.2 Å². The summed E-state index contributed by atoms with van der Waals surface area (Å²) in [6.45, 7) is 3.48. The topological polar surface area (TPSA) is 88.0 Å². The lowest BCUT2D eigenvalue weighted by molar-refractivity contribution is -0.131. The molecule has 2 aromatic carbocycles. The smallest absolute Gasteiger partial charge is 0.225 e. The second kappa shape index (κ2) is 10.8. The number of benzene rings is 2. The number of imidazole rings is 1. The lowest BCUT2D eigenvalue weighted by Gasteiger charge is -2.27. The van der Waals surface area contributed by atoms with Crippen LogP contribution in [0.1, 0.15) is 12.0 Å². The van der Waals surface area contributed by atoms with Gasteiger partial charge in [0, 0.05) is 51.3 Å². The van der Waals surface area contributed by atoms with E-state index < -0.39 is 0 Å². The summed E-state index contributed by atoms with van der Waals surface area (Å²) < 4.78 is 15.9. The highest BCUT2D eigenvalue weighted by atomic mass is 35.5. The number of fused-ring (bicyclic) bond motifs is 1. The second-order valence-corrected chi connectivity index (χ2v) is 9.23. The minimum atomic E-state index is -0.307. The Kier molecular flexibility index (Phi) is 7.31. The van der Waals surface area contributed by atoms with Gasteiger partial charge in [0.2, 0.25) is 11.9 Å². The van der Waals surface area contributed by atoms with Gasteiger partial charge in [-0.3, -0.25) is 4.79 Å². The van der Waals surface area contributed by atoms with Gasteiger partial charge >= 0.3 is 0 Å². The van der Waals surface area contributed by atoms with Crippen LogP contribution < -0.4 is 10.6 Å². The molecule has 5 rings (SSSR count). The molecular formula is C25H24Cl2FN7O. The Morgan fingerprint density at radius 2 is 1.81 bits per heavy atom. The summed E-state index contributed by atoms with van der Waals surface area (Å²) in [6, 6.07) is 11.8. The Labute approximate surface area is 217 Å². The fraction of sp³-hybridized carbons (Fsp3) is 0.280. The van der Waals surface area contributed by atoms with E-state index in [0.29, 0.717) is 63.7 Å². The van der Waals surface area contributed by atoms with E-state index in [0.717, 1.165) is 13.1 Å². The number of anilines is 1. The molecule has 0 saturated carbocycles. The van der Waals surface area contributed by atoms with Crippen LogP contribution in [0, 0.1) is 5.82 Å². The number of carbonyl (C=O) groups excluding carboxylic acids is 1. The zero-order valence-corrected chi connectivity index (χ0v) is 20.9. The van der Waals surface area contributed by atoms with E-state index >= 15 is 0 Å². The number of rotatable bonds is 7. The van der Waals surface area contributed by atoms with Crippen molar-refractivity contribution in [3.8, 4) is 11.4 Å². The number of aromatic nitrogens is 4. The largest absolute Gasteiger partial charge is 0.350 e. The molecule has 0 atom stereocenters. The molecule has 8 nitrogen and oxygen atoms in total. The monoisotopic (exact) mass is 527 g/mol. The first-order valence-electron chi connectivity index (χ1n) is 11.6. The summed E-state index contributed by atoms with van der Waals surface area (Å²) in [5.74, 6) is 0.575. The fourth-order valence-electron chi connectivity index (χ4n) is 4.21. The van der Waals surface area contributed by atoms with Gasteiger partial charge in [0.1, 0.15) is 17.2 Å². The number of halogens is 3. The lowest BCUT2D eigenvalue weighted by atomic mass is 10.2. The van der Waals surface area contributed by atoms with Gasteiger partial charge in [-0.2, -0.15) is 4.98 Å². The van der Waals surface area contributed by atoms with Crippen LogP contribution in [0.4, 0.5) is 10.3 Å². The normalized spacial score (nSPS) is 13.8. The number of hydrogen-bond donors (Lipinski definition) is 2. The standard InChI is InChI=1S/C25H24Cl2FN7O/c26-17-5-3-6-18(27)22(17)24-32-20-15-31-25(30-14-16-4-1-2-7-19(16)28)33-23(20)35(24)11-8-21(36)34-12-9-29-10-13-34/h1-7,15,29H,8-14H2,(H,30,31,33). The number of piperazine rings is 1. The van der Waals surface area contributed by atoms with Crippen LogP contribution in [0.2, 0.25) is 10.0 Å². The maximum atomic E-state index is 14.0. The number of nitrogens with one attached hydrogen (secondary N) is 2. The van der Waals surface area contributed by atoms with E-state index in [-0.39, 0.29) is 24.7 Å². The molecular weight excluding hydrogens is 504 g/mol. The van der Waals surface area contributed by atoms with E-state index in [2.05, 4.69) is 20.6 Å². The molecule has 1 fully saturated rings. The van der Waals surface area contributed by atoms with Crippen LogP contribution in [-0.4, -0.2) is 56.5 Å². The van der Waals surface area contributed by atoms with Crippen LogP contribution >= 0.6 is 23.2 Å². The summed E-state index contributed by atoms with van der Waals surface area (Å²) in [5.41, 5.74) is 2.13. The number of hydrogen-bond acceptors (Lipinski definition) is 6. The third-order valence-electron chi connectivity index (χ3n) is 6.09. The Balaban J connectivity index is 1.49. The van der Waals surface area contributed by atoms with Gasteiger partial charge in [-0.25, -0.2) is 14.4 Å². The van der Waals surface area contributed by atoms with Crippen molar-refractivity contribution in [2.24, 2.45) is 0 Å². The second-order valence-electron chi connectivity index (χ2n) is 8.41. The molecule has 2 aromatic heterocycles. The van der Waals surface area contributed by atoms with Crippen LogP contribution in [0.15, 0.2) is 48.7 Å². The molecule has 0 unspecified atom stereocenters. The molecule has 1 aliphatic rings. The van der Waals surface area contributed by atoms with Gasteiger partial charge in [0.15, 0.2) is 5.65 Å². The highest BCUT2D eigenvalue weighted by molar-refractivity contribution is 6.39. The minimum absolute atomic E-state index is 0.0570. The molecule has 0 aliphatic carbocycles. The predicted octanol–water partition coefficient (Wildman–Crippen LogP) is 4.37. The number of amides is 1. The van der Waals surface area contributed by atoms with Gasteiger partial charge in [-0.05, 0) is 18.2 Å². The zero-order valence-electron chi connectivity index (χ0n) is 19.3. The minimum Gasteiger partial charge on any atom is -0.350 e. The van der Waals surface area contributed by atoms with Crippen molar-refractivity contribution in [3.05, 3.63) is 70.1 Å². The first-order valence-corrected chi connectivity index (χ1v) is 12.4. The van der Waals surface area contributed by atoms with E-state index in [1.165, 1.54) is 6.07 Å². The lowest BCUT2D eigenvalue weighted by Crippen LogP contribution is -2.46. The van der Waals surface area contributed by atoms with E-state index in [1.54, 1.807) is 42.6 Å². The molecule has 11 heteroatoms. The summed E-state index contributed by atoms with van der Waals surface area (Å²) in [5, 5.41) is 7.21. The number of carbonyl (C=O) groups is 1. The molecule has 186 valence electrons. The zero-order chi connectivity index (χ0) is 25.1. The first-order chi connectivity index (χ1) is 17.5. The van der Waals surface area contributed by atoms with Crippen LogP contribution in [0.5, 0.6) is 0 Å². The molecule has 0 radical (unpaired) electrons. The van der Waals surface area contributed by atoms with Gasteiger partial charge in [-0.15, -0.1) is 0 Å². The molecule has 0 spiro atoms. The molecule has 0 bridgehead atoms. The van der Waals surface area contributed by atoms with Crippen molar-refractivity contribution in [2.75, 3.05) is 31.5 Å². The van der Waals surface area contributed by atoms with Crippen LogP contribution in [0.25, 0.3) is 22.6 Å². The fourth-order valence-corrected chi connectivity index (χ4v) is 4.78. The molecule has 2 N–H and O–H groups in total. The first kappa shape index (κ1) is 24.4. The highest BCUT2D eigenvalue weighted by Crippen LogP contribution is 2.35. The van der Waals surface area contributed by atoms with Gasteiger partial charge < -0.3 is 20.1 Å². The molecule has 1 aliphatic heterocycles. The molecule has 1 amide bonds. The molecule has 4 aromatic rings. The average Bonchev–Trinajstić information content (AvgIpc) is 3.24. The Hall–Kier alpha value is -3.27. The Morgan fingerprint density at radius 1 is 1.06 bits per heavy atom. The number of nitrogens with zero attached hydrogens (tertiary/aromatic N) is 5. The SMILES string of the molecule is O=C(CCn1c(-c2c(Cl)cccc2Cl)nc2cnc(NCc3ccccc3F)nc21)N1CCNCC1. The number of aryl methyl sites for hydroxylation is 1. The van der Waals surface area contributed by atoms with Gasteiger partial charge in [0.25, 0.3) is 0 Å². The van der Waals surface area contributed by atoms with Gasteiger partial charge in [0.05, 0.1) is 21.8 Å². The van der Waals surface area contributed by atoms with Crippen molar-refractivity contribution in [2.45, 2.75) is 19.5 Å².